The maximum atomic E-state index is 13.3. The number of hydrogen-bond donors (Lipinski definition) is 1. The highest BCUT2D eigenvalue weighted by atomic mass is 35.5. The molecule has 4 heterocycles. The molecule has 3 atom stereocenters. The van der Waals surface area contributed by atoms with E-state index in [2.05, 4.69) is 9.62 Å². The Labute approximate surface area is 246 Å². The SMILES string of the molecule is CCS(=O)(=O)N(C)C1CCN(C[C@@H]2CCCN2C(=O)CN2CCC[C@H](NS(=O)(=O)/C=C/c3ccc(Cl)s3)C2=O)C1. The number of halogens is 1. The summed E-state index contributed by atoms with van der Waals surface area (Å²) in [5, 5.41) is 1.03. The molecule has 0 radical (unpaired) electrons. The Morgan fingerprint density at radius 1 is 1.15 bits per heavy atom. The van der Waals surface area contributed by atoms with Gasteiger partial charge in [-0.2, -0.15) is 4.72 Å². The zero-order valence-electron chi connectivity index (χ0n) is 22.9. The van der Waals surface area contributed by atoms with Crippen molar-refractivity contribution in [3.05, 3.63) is 26.8 Å². The minimum Gasteiger partial charge on any atom is -0.337 e. The van der Waals surface area contributed by atoms with Crippen molar-refractivity contribution in [3.63, 3.8) is 0 Å². The molecule has 11 nitrogen and oxygen atoms in total. The number of likely N-dealkylation sites (tertiary alicyclic amines) is 3. The van der Waals surface area contributed by atoms with Crippen molar-refractivity contribution in [1.29, 1.82) is 0 Å². The van der Waals surface area contributed by atoms with Gasteiger partial charge in [0.05, 0.1) is 16.6 Å². The van der Waals surface area contributed by atoms with E-state index in [4.69, 9.17) is 11.6 Å². The number of hydrogen-bond acceptors (Lipinski definition) is 8. The largest absolute Gasteiger partial charge is 0.337 e. The smallest absolute Gasteiger partial charge is 0.242 e. The molecule has 1 unspecified atom stereocenters. The highest BCUT2D eigenvalue weighted by Crippen LogP contribution is 2.25. The molecular weight excluding hydrogens is 598 g/mol. The number of piperidine rings is 1. The first-order chi connectivity index (χ1) is 18.9. The van der Waals surface area contributed by atoms with E-state index in [0.717, 1.165) is 31.2 Å². The number of carbonyl (C=O) groups excluding carboxylic acids is 2. The number of carbonyl (C=O) groups is 2. The summed E-state index contributed by atoms with van der Waals surface area (Å²) < 4.78 is 54.2. The number of thiophene rings is 1. The predicted molar refractivity (Wildman–Crippen MR) is 157 cm³/mol. The molecule has 0 aliphatic carbocycles. The summed E-state index contributed by atoms with van der Waals surface area (Å²) in [4.78, 5) is 32.6. The first-order valence-corrected chi connectivity index (χ1v) is 18.0. The van der Waals surface area contributed by atoms with Crippen molar-refractivity contribution < 1.29 is 26.4 Å². The first-order valence-electron chi connectivity index (χ1n) is 13.6. The van der Waals surface area contributed by atoms with Crippen LogP contribution in [-0.4, -0.2) is 118 Å². The van der Waals surface area contributed by atoms with Crippen LogP contribution in [0.25, 0.3) is 6.08 Å². The predicted octanol–water partition coefficient (Wildman–Crippen LogP) is 1.63. The monoisotopic (exact) mass is 635 g/mol. The molecule has 1 N–H and O–H groups in total. The van der Waals surface area contributed by atoms with Gasteiger partial charge in [-0.05, 0) is 63.8 Å². The summed E-state index contributed by atoms with van der Waals surface area (Å²) in [5.41, 5.74) is 0. The topological polar surface area (TPSA) is 127 Å². The maximum Gasteiger partial charge on any atom is 0.242 e. The Balaban J connectivity index is 1.30. The molecular formula is C25H38ClN5O6S3. The second-order valence-corrected chi connectivity index (χ2v) is 16.2. The van der Waals surface area contributed by atoms with E-state index in [9.17, 15) is 26.4 Å². The van der Waals surface area contributed by atoms with Crippen LogP contribution in [0.15, 0.2) is 17.5 Å². The number of nitrogens with one attached hydrogen (secondary N) is 1. The first kappa shape index (κ1) is 31.4. The zero-order chi connectivity index (χ0) is 29.1. The van der Waals surface area contributed by atoms with Gasteiger partial charge in [0.15, 0.2) is 0 Å². The minimum absolute atomic E-state index is 0.00410. The second kappa shape index (κ2) is 13.2. The van der Waals surface area contributed by atoms with E-state index in [1.165, 1.54) is 26.6 Å². The summed E-state index contributed by atoms with van der Waals surface area (Å²) in [6.45, 7) is 4.64. The zero-order valence-corrected chi connectivity index (χ0v) is 26.1. The van der Waals surface area contributed by atoms with Crippen LogP contribution in [-0.2, 0) is 29.6 Å². The highest BCUT2D eigenvalue weighted by molar-refractivity contribution is 7.92. The fourth-order valence-electron chi connectivity index (χ4n) is 5.63. The lowest BCUT2D eigenvalue weighted by atomic mass is 10.1. The number of likely N-dealkylation sites (N-methyl/N-ethyl adjacent to an activating group) is 1. The number of sulfonamides is 2. The molecule has 0 spiro atoms. The molecule has 1 aromatic rings. The van der Waals surface area contributed by atoms with E-state index in [1.807, 2.05) is 4.90 Å². The van der Waals surface area contributed by atoms with Gasteiger partial charge in [-0.1, -0.05) is 11.6 Å². The molecule has 1 aromatic heterocycles. The van der Waals surface area contributed by atoms with Gasteiger partial charge in [-0.15, -0.1) is 11.3 Å². The molecule has 15 heteroatoms. The van der Waals surface area contributed by atoms with Gasteiger partial charge in [-0.25, -0.2) is 21.1 Å². The van der Waals surface area contributed by atoms with Crippen molar-refractivity contribution in [3.8, 4) is 0 Å². The van der Waals surface area contributed by atoms with Gasteiger partial charge < -0.3 is 9.80 Å². The summed E-state index contributed by atoms with van der Waals surface area (Å²) in [7, 11) is -5.49. The fourth-order valence-corrected chi connectivity index (χ4v) is 8.73. The lowest BCUT2D eigenvalue weighted by Gasteiger charge is -2.34. The lowest BCUT2D eigenvalue weighted by Crippen LogP contribution is -2.55. The van der Waals surface area contributed by atoms with E-state index in [0.29, 0.717) is 48.2 Å². The molecule has 3 aliphatic rings. The average molecular weight is 636 g/mol. The Hall–Kier alpha value is -1.55. The van der Waals surface area contributed by atoms with E-state index < -0.39 is 32.0 Å². The van der Waals surface area contributed by atoms with Crippen molar-refractivity contribution in [2.24, 2.45) is 0 Å². The Morgan fingerprint density at radius 2 is 1.90 bits per heavy atom. The number of amides is 2. The van der Waals surface area contributed by atoms with Crippen LogP contribution < -0.4 is 4.72 Å². The quantitative estimate of drug-likeness (QED) is 0.392. The molecule has 3 fully saturated rings. The van der Waals surface area contributed by atoms with Crippen LogP contribution in [0, 0.1) is 0 Å². The van der Waals surface area contributed by atoms with Crippen LogP contribution in [0.3, 0.4) is 0 Å². The van der Waals surface area contributed by atoms with Crippen LogP contribution >= 0.6 is 22.9 Å². The average Bonchev–Trinajstić information content (AvgIpc) is 3.66. The lowest BCUT2D eigenvalue weighted by molar-refractivity contribution is -0.143. The van der Waals surface area contributed by atoms with Crippen LogP contribution in [0.2, 0.25) is 4.34 Å². The van der Waals surface area contributed by atoms with E-state index in [1.54, 1.807) is 26.1 Å². The maximum absolute atomic E-state index is 13.3. The molecule has 3 saturated heterocycles. The third kappa shape index (κ3) is 7.84. The molecule has 40 heavy (non-hydrogen) atoms. The fraction of sp³-hybridized carbons (Fsp3) is 0.680. The standard InChI is InChI=1S/C25H38ClN5O6S3/c1-3-40(36,37)28(2)19-10-14-29(16-19)17-20-6-4-13-31(20)24(32)18-30-12-5-7-22(25(30)33)27-39(34,35)15-11-21-8-9-23(26)38-21/h8-9,11,15,19-20,22,27H,3-7,10,12-14,16-18H2,1-2H3/b15-11+/t19?,20-,22-/m0/s1. The van der Waals surface area contributed by atoms with Gasteiger partial charge in [0.25, 0.3) is 0 Å². The van der Waals surface area contributed by atoms with Crippen LogP contribution in [0.4, 0.5) is 0 Å². The van der Waals surface area contributed by atoms with Gasteiger partial charge in [0.1, 0.15) is 6.04 Å². The highest BCUT2D eigenvalue weighted by Gasteiger charge is 2.37. The van der Waals surface area contributed by atoms with E-state index in [-0.39, 0.29) is 30.3 Å². The van der Waals surface area contributed by atoms with Crippen molar-refractivity contribution in [2.45, 2.75) is 57.2 Å². The summed E-state index contributed by atoms with van der Waals surface area (Å²) in [5.74, 6) is -0.465. The Kier molecular flexibility index (Phi) is 10.3. The molecule has 0 bridgehead atoms. The Bertz CT molecular complexity index is 1320. The van der Waals surface area contributed by atoms with Crippen molar-refractivity contribution in [2.75, 3.05) is 52.1 Å². The van der Waals surface area contributed by atoms with Crippen LogP contribution in [0.5, 0.6) is 0 Å². The molecule has 224 valence electrons. The number of nitrogens with zero attached hydrogens (tertiary/aromatic N) is 4. The molecule has 0 aromatic carbocycles. The third-order valence-electron chi connectivity index (χ3n) is 7.90. The molecule has 0 saturated carbocycles. The number of rotatable bonds is 11. The molecule has 3 aliphatic heterocycles. The second-order valence-electron chi connectivity index (χ2n) is 10.6. The summed E-state index contributed by atoms with van der Waals surface area (Å²) >= 11 is 7.14. The van der Waals surface area contributed by atoms with Gasteiger partial charge in [0, 0.05) is 55.6 Å². The third-order valence-corrected chi connectivity index (χ3v) is 12.1. The summed E-state index contributed by atoms with van der Waals surface area (Å²) in [6.07, 6.45) is 4.87. The molecule has 2 amide bonds. The van der Waals surface area contributed by atoms with Gasteiger partial charge >= 0.3 is 0 Å². The summed E-state index contributed by atoms with van der Waals surface area (Å²) in [6, 6.07) is 2.40. The molecule has 4 rings (SSSR count). The normalized spacial score (nSPS) is 25.1. The Morgan fingerprint density at radius 3 is 2.60 bits per heavy atom. The van der Waals surface area contributed by atoms with Crippen LogP contribution in [0.1, 0.15) is 43.9 Å². The van der Waals surface area contributed by atoms with Crippen molar-refractivity contribution >= 4 is 60.9 Å². The van der Waals surface area contributed by atoms with E-state index >= 15 is 0 Å². The van der Waals surface area contributed by atoms with Crippen molar-refractivity contribution in [1.82, 2.24) is 23.7 Å². The minimum atomic E-state index is -3.87. The van der Waals surface area contributed by atoms with Gasteiger partial charge in [-0.3, -0.25) is 14.5 Å². The van der Waals surface area contributed by atoms with Gasteiger partial charge in [0.2, 0.25) is 31.9 Å².